The fraction of sp³-hybridized carbons (Fsp3) is 0.324. The fourth-order valence-corrected chi connectivity index (χ4v) is 5.62. The number of hydrogen-bond acceptors (Lipinski definition) is 5. The number of amides is 3. The van der Waals surface area contributed by atoms with E-state index in [0.717, 1.165) is 53.0 Å². The number of carbonyl (C=O) groups excluding carboxylic acids is 2. The van der Waals surface area contributed by atoms with Crippen LogP contribution in [0.2, 0.25) is 0 Å². The van der Waals surface area contributed by atoms with Gasteiger partial charge in [-0.25, -0.2) is 9.48 Å². The molecule has 0 radical (unpaired) electrons. The zero-order valence-corrected chi connectivity index (χ0v) is 25.6. The lowest BCUT2D eigenvalue weighted by Gasteiger charge is -2.32. The molecule has 3 N–H and O–H groups in total. The van der Waals surface area contributed by atoms with Gasteiger partial charge < -0.3 is 10.2 Å². The lowest BCUT2D eigenvalue weighted by molar-refractivity contribution is 0.0690. The Hall–Kier alpha value is -4.99. The first-order valence-electron chi connectivity index (χ1n) is 15.1. The van der Waals surface area contributed by atoms with Crippen molar-refractivity contribution in [1.82, 2.24) is 30.1 Å². The van der Waals surface area contributed by atoms with Gasteiger partial charge in [-0.1, -0.05) is 56.7 Å². The van der Waals surface area contributed by atoms with Gasteiger partial charge in [-0.3, -0.25) is 10.1 Å². The molecule has 0 unspecified atom stereocenters. The quantitative estimate of drug-likeness (QED) is 0.209. The minimum atomic E-state index is -0.323. The number of H-pyrrole nitrogens is 1. The standard InChI is InChI=1S/C34H38N8O2/c1-22-9-12-26(13-10-22)42-31(21-30(39-42)34(2,3)4)36-33(44)35-27-8-6-5-7-24(27)19-23-15-17-41(18-16-23)32(43)25-11-14-28-29(20-25)38-40-37-28/h5-14,20-21,23H,15-19H2,1-4H3,(H2,35,36,44)(H,37,38,40). The number of nitrogens with zero attached hydrogens (tertiary/aromatic N) is 5. The number of likely N-dealkylation sites (tertiary alicyclic amines) is 1. The van der Waals surface area contributed by atoms with Gasteiger partial charge in [-0.2, -0.15) is 20.5 Å². The molecule has 1 saturated heterocycles. The zero-order valence-electron chi connectivity index (χ0n) is 25.6. The summed E-state index contributed by atoms with van der Waals surface area (Å²) in [7, 11) is 0. The van der Waals surface area contributed by atoms with E-state index < -0.39 is 0 Å². The number of para-hydroxylation sites is 1. The van der Waals surface area contributed by atoms with Gasteiger partial charge in [0.25, 0.3) is 5.91 Å². The number of piperidine rings is 1. The van der Waals surface area contributed by atoms with Gasteiger partial charge in [-0.05, 0) is 74.1 Å². The topological polar surface area (TPSA) is 121 Å². The Morgan fingerprint density at radius 1 is 0.909 bits per heavy atom. The molecule has 0 atom stereocenters. The van der Waals surface area contributed by atoms with Crippen molar-refractivity contribution < 1.29 is 9.59 Å². The molecular formula is C34H38N8O2. The number of fused-ring (bicyclic) bond motifs is 1. The average Bonchev–Trinajstić information content (AvgIpc) is 3.66. The highest BCUT2D eigenvalue weighted by molar-refractivity contribution is 6.00. The second-order valence-corrected chi connectivity index (χ2v) is 12.6. The highest BCUT2D eigenvalue weighted by Gasteiger charge is 2.25. The molecule has 6 rings (SSSR count). The van der Waals surface area contributed by atoms with Crippen molar-refractivity contribution in [1.29, 1.82) is 0 Å². The number of anilines is 2. The maximum absolute atomic E-state index is 13.3. The van der Waals surface area contributed by atoms with Gasteiger partial charge in [0.15, 0.2) is 0 Å². The van der Waals surface area contributed by atoms with Crippen LogP contribution in [-0.2, 0) is 11.8 Å². The van der Waals surface area contributed by atoms with E-state index in [1.165, 1.54) is 0 Å². The molecule has 1 aliphatic rings. The molecule has 44 heavy (non-hydrogen) atoms. The van der Waals surface area contributed by atoms with Crippen LogP contribution in [0, 0.1) is 12.8 Å². The van der Waals surface area contributed by atoms with Crippen molar-refractivity contribution in [2.24, 2.45) is 5.92 Å². The van der Waals surface area contributed by atoms with E-state index in [4.69, 9.17) is 5.10 Å². The number of rotatable bonds is 6. The van der Waals surface area contributed by atoms with E-state index in [1.807, 2.05) is 72.5 Å². The number of benzene rings is 3. The zero-order chi connectivity index (χ0) is 30.8. The van der Waals surface area contributed by atoms with Crippen LogP contribution in [0.5, 0.6) is 0 Å². The van der Waals surface area contributed by atoms with Crippen LogP contribution in [0.4, 0.5) is 16.3 Å². The van der Waals surface area contributed by atoms with E-state index in [-0.39, 0.29) is 17.4 Å². The van der Waals surface area contributed by atoms with E-state index in [2.05, 4.69) is 52.9 Å². The Morgan fingerprint density at radius 3 is 2.39 bits per heavy atom. The van der Waals surface area contributed by atoms with Gasteiger partial charge in [0.05, 0.1) is 11.4 Å². The lowest BCUT2D eigenvalue weighted by atomic mass is 9.89. The van der Waals surface area contributed by atoms with Crippen LogP contribution < -0.4 is 10.6 Å². The number of nitrogens with one attached hydrogen (secondary N) is 3. The number of urea groups is 1. The monoisotopic (exact) mass is 590 g/mol. The summed E-state index contributed by atoms with van der Waals surface area (Å²) in [6.45, 7) is 9.74. The molecule has 0 spiro atoms. The predicted octanol–water partition coefficient (Wildman–Crippen LogP) is 6.49. The first-order chi connectivity index (χ1) is 21.1. The molecule has 0 bridgehead atoms. The summed E-state index contributed by atoms with van der Waals surface area (Å²) in [4.78, 5) is 28.4. The third-order valence-electron chi connectivity index (χ3n) is 8.24. The number of aryl methyl sites for hydroxylation is 1. The first-order valence-corrected chi connectivity index (χ1v) is 15.1. The summed E-state index contributed by atoms with van der Waals surface area (Å²) in [5.74, 6) is 1.03. The van der Waals surface area contributed by atoms with Gasteiger partial charge in [0.2, 0.25) is 0 Å². The molecule has 226 valence electrons. The number of hydrogen-bond donors (Lipinski definition) is 3. The van der Waals surface area contributed by atoms with Crippen LogP contribution in [0.1, 0.15) is 60.8 Å². The van der Waals surface area contributed by atoms with Crippen LogP contribution in [-0.4, -0.2) is 55.1 Å². The summed E-state index contributed by atoms with van der Waals surface area (Å²) in [6.07, 6.45) is 2.60. The maximum Gasteiger partial charge on any atom is 0.324 e. The Labute approximate surface area is 256 Å². The molecule has 3 aromatic carbocycles. The highest BCUT2D eigenvalue weighted by Crippen LogP contribution is 2.29. The fourth-order valence-electron chi connectivity index (χ4n) is 5.62. The van der Waals surface area contributed by atoms with Crippen molar-refractivity contribution in [2.45, 2.75) is 52.4 Å². The number of aromatic amines is 1. The normalized spacial score (nSPS) is 14.1. The van der Waals surface area contributed by atoms with Crippen molar-refractivity contribution in [3.63, 3.8) is 0 Å². The summed E-state index contributed by atoms with van der Waals surface area (Å²) >= 11 is 0. The predicted molar refractivity (Wildman–Crippen MR) is 172 cm³/mol. The van der Waals surface area contributed by atoms with Gasteiger partial charge in [-0.15, -0.1) is 0 Å². The number of aromatic nitrogens is 5. The molecule has 2 aromatic heterocycles. The molecular weight excluding hydrogens is 552 g/mol. The van der Waals surface area contributed by atoms with Crippen LogP contribution in [0.25, 0.3) is 16.7 Å². The minimum Gasteiger partial charge on any atom is -0.339 e. The van der Waals surface area contributed by atoms with Gasteiger partial charge >= 0.3 is 6.03 Å². The van der Waals surface area contributed by atoms with Gasteiger partial charge in [0.1, 0.15) is 16.9 Å². The molecule has 10 heteroatoms. The Morgan fingerprint density at radius 2 is 1.64 bits per heavy atom. The Kier molecular flexibility index (Phi) is 7.90. The molecule has 3 heterocycles. The second kappa shape index (κ2) is 11.9. The Balaban J connectivity index is 1.10. The highest BCUT2D eigenvalue weighted by atomic mass is 16.2. The van der Waals surface area contributed by atoms with Crippen molar-refractivity contribution in [3.05, 3.63) is 95.2 Å². The minimum absolute atomic E-state index is 0.0200. The largest absolute Gasteiger partial charge is 0.339 e. The molecule has 0 aliphatic carbocycles. The molecule has 3 amide bonds. The van der Waals surface area contributed by atoms with Crippen LogP contribution >= 0.6 is 0 Å². The van der Waals surface area contributed by atoms with E-state index >= 15 is 0 Å². The molecule has 0 saturated carbocycles. The van der Waals surface area contributed by atoms with Crippen LogP contribution in [0.3, 0.4) is 0 Å². The van der Waals surface area contributed by atoms with E-state index in [1.54, 1.807) is 10.7 Å². The smallest absolute Gasteiger partial charge is 0.324 e. The molecule has 1 aliphatic heterocycles. The summed E-state index contributed by atoms with van der Waals surface area (Å²) in [6, 6.07) is 23.0. The Bertz CT molecular complexity index is 1790. The SMILES string of the molecule is Cc1ccc(-n2nc(C(C)(C)C)cc2NC(=O)Nc2ccccc2CC2CCN(C(=O)c3ccc4n[nH]nc4c3)CC2)cc1. The second-order valence-electron chi connectivity index (χ2n) is 12.6. The third kappa shape index (κ3) is 6.34. The molecule has 5 aromatic rings. The van der Waals surface area contributed by atoms with Crippen molar-refractivity contribution >= 4 is 34.5 Å². The van der Waals surface area contributed by atoms with E-state index in [9.17, 15) is 9.59 Å². The van der Waals surface area contributed by atoms with Crippen LogP contribution in [0.15, 0.2) is 72.8 Å². The van der Waals surface area contributed by atoms with Crippen molar-refractivity contribution in [3.8, 4) is 5.69 Å². The molecule has 10 nitrogen and oxygen atoms in total. The van der Waals surface area contributed by atoms with Crippen molar-refractivity contribution in [2.75, 3.05) is 23.7 Å². The first kappa shape index (κ1) is 29.1. The number of carbonyl (C=O) groups is 2. The summed E-state index contributed by atoms with van der Waals surface area (Å²) in [5, 5.41) is 21.7. The molecule has 1 fully saturated rings. The summed E-state index contributed by atoms with van der Waals surface area (Å²) < 4.78 is 1.78. The summed E-state index contributed by atoms with van der Waals surface area (Å²) in [5.41, 5.74) is 6.66. The maximum atomic E-state index is 13.3. The van der Waals surface area contributed by atoms with E-state index in [0.29, 0.717) is 35.9 Å². The van der Waals surface area contributed by atoms with Gasteiger partial charge in [0, 0.05) is 35.8 Å². The average molecular weight is 591 g/mol. The lowest BCUT2D eigenvalue weighted by Crippen LogP contribution is -2.39. The third-order valence-corrected chi connectivity index (χ3v) is 8.24.